The van der Waals surface area contributed by atoms with Gasteiger partial charge in [-0.1, -0.05) is 13.3 Å². The van der Waals surface area contributed by atoms with Gasteiger partial charge in [0.25, 0.3) is 0 Å². The summed E-state index contributed by atoms with van der Waals surface area (Å²) in [5, 5.41) is 22.5. The lowest BCUT2D eigenvalue weighted by Crippen LogP contribution is -2.54. The van der Waals surface area contributed by atoms with Crippen molar-refractivity contribution in [3.63, 3.8) is 0 Å². The molecule has 0 bridgehead atoms. The topological polar surface area (TPSA) is 71.0 Å². The first-order valence-corrected chi connectivity index (χ1v) is 6.92. The number of β-amino-alcohol motifs (C(OH)–C–C–N with tert-alkyl or cyclic N) is 1. The van der Waals surface area contributed by atoms with Gasteiger partial charge in [-0.3, -0.25) is 0 Å². The van der Waals surface area contributed by atoms with Crippen molar-refractivity contribution in [1.29, 1.82) is 0 Å². The summed E-state index contributed by atoms with van der Waals surface area (Å²) in [7, 11) is 0. The van der Waals surface area contributed by atoms with Crippen molar-refractivity contribution >= 4 is 0 Å². The van der Waals surface area contributed by atoms with Gasteiger partial charge in [-0.15, -0.1) is 0 Å². The minimum atomic E-state index is -0.520. The molecule has 0 radical (unpaired) electrons. The van der Waals surface area contributed by atoms with Crippen molar-refractivity contribution in [1.82, 2.24) is 5.32 Å². The average molecular weight is 261 g/mol. The Morgan fingerprint density at radius 3 is 2.72 bits per heavy atom. The summed E-state index contributed by atoms with van der Waals surface area (Å²) >= 11 is 0. The molecule has 0 amide bonds. The molecule has 18 heavy (non-hydrogen) atoms. The maximum Gasteiger partial charge on any atom is 0.0897 e. The van der Waals surface area contributed by atoms with E-state index in [-0.39, 0.29) is 12.1 Å². The predicted octanol–water partition coefficient (Wildman–Crippen LogP) is 0.295. The van der Waals surface area contributed by atoms with E-state index in [1.165, 1.54) is 0 Å². The lowest BCUT2D eigenvalue weighted by molar-refractivity contribution is -0.00506. The van der Waals surface area contributed by atoms with E-state index in [9.17, 15) is 10.2 Å². The highest BCUT2D eigenvalue weighted by atomic mass is 16.5. The highest BCUT2D eigenvalue weighted by Gasteiger charge is 2.31. The molecule has 0 aromatic heterocycles. The van der Waals surface area contributed by atoms with Crippen molar-refractivity contribution in [2.75, 3.05) is 39.6 Å². The molecule has 1 fully saturated rings. The van der Waals surface area contributed by atoms with Crippen LogP contribution in [0.5, 0.6) is 0 Å². The van der Waals surface area contributed by atoms with Gasteiger partial charge in [0.2, 0.25) is 0 Å². The number of unbranched alkanes of at least 4 members (excludes halogenated alkanes) is 1. The van der Waals surface area contributed by atoms with Crippen molar-refractivity contribution in [3.8, 4) is 0 Å². The summed E-state index contributed by atoms with van der Waals surface area (Å²) in [4.78, 5) is 0. The van der Waals surface area contributed by atoms with E-state index >= 15 is 0 Å². The molecule has 0 aliphatic carbocycles. The molecule has 1 heterocycles. The first-order chi connectivity index (χ1) is 8.72. The Bertz CT molecular complexity index is 207. The zero-order valence-corrected chi connectivity index (χ0v) is 11.4. The van der Waals surface area contributed by atoms with Gasteiger partial charge in [0, 0.05) is 31.9 Å². The number of aliphatic hydroxyl groups excluding tert-OH is 2. The van der Waals surface area contributed by atoms with Gasteiger partial charge in [-0.25, -0.2) is 0 Å². The highest BCUT2D eigenvalue weighted by Crippen LogP contribution is 2.19. The van der Waals surface area contributed by atoms with Gasteiger partial charge in [0.05, 0.1) is 19.3 Å². The Kier molecular flexibility index (Phi) is 7.77. The Morgan fingerprint density at radius 2 is 2.11 bits per heavy atom. The Morgan fingerprint density at radius 1 is 1.39 bits per heavy atom. The summed E-state index contributed by atoms with van der Waals surface area (Å²) in [5.74, 6) is 0. The fraction of sp³-hybridized carbons (Fsp3) is 1.00. The molecule has 1 unspecified atom stereocenters. The van der Waals surface area contributed by atoms with Gasteiger partial charge in [-0.2, -0.15) is 0 Å². The van der Waals surface area contributed by atoms with Crippen LogP contribution in [-0.4, -0.2) is 61.4 Å². The molecular formula is C13H27NO4. The van der Waals surface area contributed by atoms with Crippen LogP contribution in [0.4, 0.5) is 0 Å². The predicted molar refractivity (Wildman–Crippen MR) is 69.6 cm³/mol. The van der Waals surface area contributed by atoms with Crippen LogP contribution in [0.3, 0.4) is 0 Å². The van der Waals surface area contributed by atoms with E-state index in [0.717, 1.165) is 25.7 Å². The Labute approximate surface area is 109 Å². The lowest BCUT2D eigenvalue weighted by atomic mass is 9.91. The van der Waals surface area contributed by atoms with Crippen LogP contribution >= 0.6 is 0 Å². The summed E-state index contributed by atoms with van der Waals surface area (Å²) in [6.45, 7) is 5.02. The summed E-state index contributed by atoms with van der Waals surface area (Å²) in [6, 6.07) is 0. The molecule has 0 spiro atoms. The molecule has 1 saturated heterocycles. The normalized spacial score (nSPS) is 20.8. The maximum absolute atomic E-state index is 9.79. The largest absolute Gasteiger partial charge is 0.394 e. The monoisotopic (exact) mass is 261 g/mol. The van der Waals surface area contributed by atoms with Crippen molar-refractivity contribution < 1.29 is 19.7 Å². The molecule has 1 aliphatic heterocycles. The number of rotatable bonds is 9. The van der Waals surface area contributed by atoms with E-state index in [0.29, 0.717) is 33.0 Å². The molecule has 0 aromatic rings. The zero-order valence-electron chi connectivity index (χ0n) is 11.4. The van der Waals surface area contributed by atoms with Crippen molar-refractivity contribution in [3.05, 3.63) is 0 Å². The third-order valence-corrected chi connectivity index (χ3v) is 3.42. The van der Waals surface area contributed by atoms with Crippen LogP contribution in [-0.2, 0) is 9.47 Å². The van der Waals surface area contributed by atoms with E-state index in [4.69, 9.17) is 9.47 Å². The molecule has 0 aromatic carbocycles. The maximum atomic E-state index is 9.79. The van der Waals surface area contributed by atoms with E-state index in [2.05, 4.69) is 12.2 Å². The van der Waals surface area contributed by atoms with Crippen molar-refractivity contribution in [2.24, 2.45) is 0 Å². The second kappa shape index (κ2) is 8.82. The lowest BCUT2D eigenvalue weighted by Gasteiger charge is -2.37. The van der Waals surface area contributed by atoms with Gasteiger partial charge < -0.3 is 25.0 Å². The molecular weight excluding hydrogens is 234 g/mol. The fourth-order valence-electron chi connectivity index (χ4n) is 2.01. The minimum absolute atomic E-state index is 0.0831. The van der Waals surface area contributed by atoms with Gasteiger partial charge >= 0.3 is 0 Å². The number of ether oxygens (including phenoxy) is 2. The molecule has 1 aliphatic rings. The minimum Gasteiger partial charge on any atom is -0.394 e. The SMILES string of the molecule is CCCCOCC(O)CNC1(CO)CCOCC1. The summed E-state index contributed by atoms with van der Waals surface area (Å²) in [6.07, 6.45) is 3.17. The van der Waals surface area contributed by atoms with E-state index in [1.54, 1.807) is 0 Å². The highest BCUT2D eigenvalue weighted by molar-refractivity contribution is 4.90. The second-order valence-electron chi connectivity index (χ2n) is 5.01. The van der Waals surface area contributed by atoms with Crippen molar-refractivity contribution in [2.45, 2.75) is 44.2 Å². The number of hydrogen-bond acceptors (Lipinski definition) is 5. The fourth-order valence-corrected chi connectivity index (χ4v) is 2.01. The molecule has 5 heteroatoms. The number of aliphatic hydroxyl groups is 2. The van der Waals surface area contributed by atoms with Gasteiger partial charge in [0.15, 0.2) is 0 Å². The smallest absolute Gasteiger partial charge is 0.0897 e. The first-order valence-electron chi connectivity index (χ1n) is 6.92. The summed E-state index contributed by atoms with van der Waals surface area (Å²) in [5.41, 5.74) is -0.289. The molecule has 3 N–H and O–H groups in total. The Hall–Kier alpha value is -0.200. The quantitative estimate of drug-likeness (QED) is 0.521. The van der Waals surface area contributed by atoms with Crippen LogP contribution in [0.25, 0.3) is 0 Å². The average Bonchev–Trinajstić information content (AvgIpc) is 2.42. The number of hydrogen-bond donors (Lipinski definition) is 3. The number of nitrogens with one attached hydrogen (secondary N) is 1. The van der Waals surface area contributed by atoms with Crippen LogP contribution in [0.1, 0.15) is 32.6 Å². The molecule has 108 valence electrons. The van der Waals surface area contributed by atoms with Crippen LogP contribution in [0.15, 0.2) is 0 Å². The molecule has 0 saturated carbocycles. The Balaban J connectivity index is 2.16. The molecule has 5 nitrogen and oxygen atoms in total. The van der Waals surface area contributed by atoms with E-state index in [1.807, 2.05) is 0 Å². The van der Waals surface area contributed by atoms with Gasteiger partial charge in [-0.05, 0) is 19.3 Å². The third kappa shape index (κ3) is 5.63. The van der Waals surface area contributed by atoms with E-state index < -0.39 is 6.10 Å². The second-order valence-corrected chi connectivity index (χ2v) is 5.01. The zero-order chi connectivity index (χ0) is 13.3. The summed E-state index contributed by atoms with van der Waals surface area (Å²) < 4.78 is 10.7. The van der Waals surface area contributed by atoms with Crippen LogP contribution < -0.4 is 5.32 Å². The molecule has 1 atom stereocenters. The first kappa shape index (κ1) is 15.9. The van der Waals surface area contributed by atoms with Crippen LogP contribution in [0, 0.1) is 0 Å². The van der Waals surface area contributed by atoms with Crippen LogP contribution in [0.2, 0.25) is 0 Å². The standard InChI is InChI=1S/C13H27NO4/c1-2-3-6-18-10-12(16)9-14-13(11-15)4-7-17-8-5-13/h12,14-16H,2-11H2,1H3. The molecule has 1 rings (SSSR count). The van der Waals surface area contributed by atoms with Gasteiger partial charge in [0.1, 0.15) is 0 Å². The third-order valence-electron chi connectivity index (χ3n) is 3.42.